The van der Waals surface area contributed by atoms with Crippen molar-refractivity contribution in [3.05, 3.63) is 12.7 Å². The van der Waals surface area contributed by atoms with Gasteiger partial charge in [-0.05, 0) is 6.92 Å². The fourth-order valence-electron chi connectivity index (χ4n) is 0.550. The van der Waals surface area contributed by atoms with Gasteiger partial charge in [0, 0.05) is 11.4 Å². The average Bonchev–Trinajstić information content (AvgIpc) is 2.40. The molecule has 1 unspecified atom stereocenters. The van der Waals surface area contributed by atoms with E-state index < -0.39 is 13.0 Å². The van der Waals surface area contributed by atoms with E-state index >= 15 is 0 Å². The third kappa shape index (κ3) is 17.8. The fourth-order valence-corrected chi connectivity index (χ4v) is 1.26. The first-order chi connectivity index (χ1) is 9.83. The van der Waals surface area contributed by atoms with Gasteiger partial charge in [-0.15, -0.1) is 0 Å². The summed E-state index contributed by atoms with van der Waals surface area (Å²) in [5, 5.41) is 0.761. The van der Waals surface area contributed by atoms with Crippen molar-refractivity contribution in [2.45, 2.75) is 18.8 Å². The van der Waals surface area contributed by atoms with Crippen molar-refractivity contribution >= 4 is 110 Å². The van der Waals surface area contributed by atoms with Gasteiger partial charge < -0.3 is 9.47 Å². The van der Waals surface area contributed by atoms with Crippen LogP contribution in [0.5, 0.6) is 0 Å². The summed E-state index contributed by atoms with van der Waals surface area (Å²) in [6.45, 7) is 4.92. The maximum atomic E-state index is 11.0. The normalized spacial score (nSPS) is 12.5. The minimum Gasteiger partial charge on any atom is -0.461 e. The molecule has 22 heavy (non-hydrogen) atoms. The van der Waals surface area contributed by atoms with Gasteiger partial charge in [-0.2, -0.15) is 0 Å². The summed E-state index contributed by atoms with van der Waals surface area (Å²) in [6.07, 6.45) is 1.15. The molecule has 0 aliphatic carbocycles. The number of ether oxygens (including phenoxy) is 2. The zero-order valence-corrected chi connectivity index (χ0v) is 19.9. The lowest BCUT2D eigenvalue weighted by molar-refractivity contribution is -0.143. The van der Waals surface area contributed by atoms with E-state index in [2.05, 4.69) is 75.0 Å². The number of rotatable bonds is 6. The quantitative estimate of drug-likeness (QED) is 0.227. The van der Waals surface area contributed by atoms with Crippen LogP contribution in [0.4, 0.5) is 0 Å². The van der Waals surface area contributed by atoms with Crippen LogP contribution in [-0.2, 0) is 19.1 Å². The monoisotopic (exact) mass is 630 g/mol. The molecule has 0 aliphatic rings. The molecule has 0 saturated carbocycles. The predicted molar refractivity (Wildman–Crippen MR) is 105 cm³/mol. The molecule has 0 aromatic carbocycles. The van der Waals surface area contributed by atoms with Crippen LogP contribution in [-0.4, -0.2) is 42.3 Å². The number of esters is 2. The van der Waals surface area contributed by atoms with Crippen molar-refractivity contribution in [1.82, 2.24) is 0 Å². The Hall–Kier alpha value is 1.47. The highest BCUT2D eigenvalue weighted by molar-refractivity contribution is 9.25. The molecule has 0 amide bonds. The molecular formula is C11H13Br4Cl3O4. The van der Waals surface area contributed by atoms with Crippen LogP contribution >= 0.6 is 98.5 Å². The summed E-state index contributed by atoms with van der Waals surface area (Å²) in [7, 11) is 0. The van der Waals surface area contributed by atoms with E-state index in [-0.39, 0.29) is 17.4 Å². The molecule has 0 saturated heterocycles. The Morgan fingerprint density at radius 3 is 2.09 bits per heavy atom. The summed E-state index contributed by atoms with van der Waals surface area (Å²) in [6, 6.07) is 0. The lowest BCUT2D eigenvalue weighted by Crippen LogP contribution is -2.27. The molecule has 1 atom stereocenters. The lowest BCUT2D eigenvalue weighted by atomic mass is 10.5. The SMILES string of the molecule is C=CC(=O)OCC(Br)CBr.CC(Br)(Br)C(=O)OCC(Cl)(Cl)Cl. The van der Waals surface area contributed by atoms with Crippen LogP contribution in [0.3, 0.4) is 0 Å². The van der Waals surface area contributed by atoms with Crippen LogP contribution in [0.25, 0.3) is 0 Å². The lowest BCUT2D eigenvalue weighted by Gasteiger charge is -2.16. The Kier molecular flexibility index (Phi) is 14.9. The molecule has 0 heterocycles. The smallest absolute Gasteiger partial charge is 0.333 e. The van der Waals surface area contributed by atoms with Gasteiger partial charge in [0.1, 0.15) is 13.2 Å². The number of hydrogen-bond donors (Lipinski definition) is 0. The van der Waals surface area contributed by atoms with Crippen molar-refractivity contribution in [3.8, 4) is 0 Å². The molecule has 0 bridgehead atoms. The summed E-state index contributed by atoms with van der Waals surface area (Å²) in [4.78, 5) is 21.7. The number of hydrogen-bond acceptors (Lipinski definition) is 4. The average molecular weight is 635 g/mol. The zero-order chi connectivity index (χ0) is 18.0. The summed E-state index contributed by atoms with van der Waals surface area (Å²) in [5.41, 5.74) is 0. The second-order valence-corrected chi connectivity index (χ2v) is 12.4. The second kappa shape index (κ2) is 12.8. The molecule has 0 radical (unpaired) electrons. The van der Waals surface area contributed by atoms with Gasteiger partial charge in [-0.3, -0.25) is 0 Å². The van der Waals surface area contributed by atoms with E-state index in [0.29, 0.717) is 6.61 Å². The van der Waals surface area contributed by atoms with E-state index in [4.69, 9.17) is 39.5 Å². The molecule has 0 N–H and O–H groups in total. The number of carbonyl (C=O) groups excluding carboxylic acids is 2. The summed E-state index contributed by atoms with van der Waals surface area (Å²) >= 11 is 28.6. The van der Waals surface area contributed by atoms with Gasteiger partial charge in [0.25, 0.3) is 0 Å². The van der Waals surface area contributed by atoms with E-state index in [1.807, 2.05) is 0 Å². The van der Waals surface area contributed by atoms with Crippen LogP contribution in [0, 0.1) is 0 Å². The van der Waals surface area contributed by atoms with Crippen LogP contribution < -0.4 is 0 Å². The molecule has 0 spiro atoms. The highest BCUT2D eigenvalue weighted by Crippen LogP contribution is 2.30. The van der Waals surface area contributed by atoms with Crippen molar-refractivity contribution < 1.29 is 19.1 Å². The molecule has 0 rings (SSSR count). The molecule has 4 nitrogen and oxygen atoms in total. The molecule has 130 valence electrons. The molecule has 0 aromatic heterocycles. The Morgan fingerprint density at radius 2 is 1.77 bits per heavy atom. The van der Waals surface area contributed by atoms with Crippen LogP contribution in [0.1, 0.15) is 6.92 Å². The van der Waals surface area contributed by atoms with Crippen molar-refractivity contribution in [2.24, 2.45) is 0 Å². The van der Waals surface area contributed by atoms with Crippen molar-refractivity contribution in [1.29, 1.82) is 0 Å². The number of halogens is 7. The third-order valence-electron chi connectivity index (χ3n) is 1.47. The van der Waals surface area contributed by atoms with E-state index in [1.54, 1.807) is 6.92 Å². The van der Waals surface area contributed by atoms with Gasteiger partial charge in [0.2, 0.25) is 3.79 Å². The van der Waals surface area contributed by atoms with E-state index in [9.17, 15) is 9.59 Å². The topological polar surface area (TPSA) is 52.6 Å². The minimum absolute atomic E-state index is 0.177. The van der Waals surface area contributed by atoms with Crippen molar-refractivity contribution in [2.75, 3.05) is 18.5 Å². The summed E-state index contributed by atoms with van der Waals surface area (Å²) in [5.74, 6) is -0.931. The second-order valence-electron chi connectivity index (χ2n) is 3.67. The third-order valence-corrected chi connectivity index (χ3v) is 4.68. The maximum Gasteiger partial charge on any atom is 0.333 e. The molecule has 0 aliphatic heterocycles. The molecule has 11 heteroatoms. The molecule has 0 fully saturated rings. The first-order valence-electron chi connectivity index (χ1n) is 5.44. The summed E-state index contributed by atoms with van der Waals surface area (Å²) < 4.78 is 6.85. The Labute approximate surface area is 178 Å². The largest absolute Gasteiger partial charge is 0.461 e. The zero-order valence-electron chi connectivity index (χ0n) is 11.3. The maximum absolute atomic E-state index is 11.0. The fraction of sp³-hybridized carbons (Fsp3) is 0.636. The van der Waals surface area contributed by atoms with Crippen molar-refractivity contribution in [3.63, 3.8) is 0 Å². The van der Waals surface area contributed by atoms with Gasteiger partial charge in [0.05, 0.1) is 4.83 Å². The van der Waals surface area contributed by atoms with Gasteiger partial charge in [-0.25, -0.2) is 9.59 Å². The van der Waals surface area contributed by atoms with E-state index in [0.717, 1.165) is 11.4 Å². The molecule has 0 aromatic rings. The van der Waals surface area contributed by atoms with Gasteiger partial charge in [0.15, 0.2) is 3.23 Å². The highest BCUT2D eigenvalue weighted by Gasteiger charge is 2.31. The predicted octanol–water partition coefficient (Wildman–Crippen LogP) is 5.28. The minimum atomic E-state index is -1.57. The highest BCUT2D eigenvalue weighted by atomic mass is 79.9. The first kappa shape index (κ1) is 25.7. The van der Waals surface area contributed by atoms with Gasteiger partial charge >= 0.3 is 11.9 Å². The Bertz CT molecular complexity index is 369. The molecular weight excluding hydrogens is 622 g/mol. The van der Waals surface area contributed by atoms with Gasteiger partial charge in [-0.1, -0.05) is 105 Å². The first-order valence-corrected chi connectivity index (χ1v) is 10.2. The number of alkyl halides is 7. The Balaban J connectivity index is 0. The van der Waals surface area contributed by atoms with E-state index in [1.165, 1.54) is 0 Å². The Morgan fingerprint density at radius 1 is 1.27 bits per heavy atom. The standard InChI is InChI=1S/C6H8Br2O2.C5H5Br2Cl3O2/c1-2-6(9)10-4-5(8)3-7;1-4(6,7)3(11)12-2-5(8,9)10/h2,5H,1,3-4H2;2H2,1H3. The van der Waals surface area contributed by atoms with Crippen LogP contribution in [0.2, 0.25) is 0 Å². The number of carbonyl (C=O) groups is 2. The van der Waals surface area contributed by atoms with Crippen LogP contribution in [0.15, 0.2) is 12.7 Å².